The van der Waals surface area contributed by atoms with Gasteiger partial charge in [0.15, 0.2) is 6.23 Å². The van der Waals surface area contributed by atoms with E-state index in [0.29, 0.717) is 6.42 Å². The number of hydrogen-bond acceptors (Lipinski definition) is 10. The van der Waals surface area contributed by atoms with E-state index in [4.69, 9.17) is 9.84 Å². The minimum atomic E-state index is -1.69. The molecule has 9 N–H and O–H groups in total. The van der Waals surface area contributed by atoms with Crippen molar-refractivity contribution in [2.45, 2.75) is 107 Å². The van der Waals surface area contributed by atoms with Crippen molar-refractivity contribution < 1.29 is 59.3 Å². The second kappa shape index (κ2) is 16.9. The lowest BCUT2D eigenvalue weighted by Crippen LogP contribution is -2.63. The molecule has 0 aromatic carbocycles. The lowest BCUT2D eigenvalue weighted by atomic mass is 9.98. The van der Waals surface area contributed by atoms with Crippen LogP contribution in [0.4, 0.5) is 0 Å². The Balaban J connectivity index is 2.70. The van der Waals surface area contributed by atoms with Crippen molar-refractivity contribution in [2.24, 2.45) is 0 Å². The van der Waals surface area contributed by atoms with Crippen molar-refractivity contribution in [1.82, 2.24) is 16.0 Å². The molecule has 1 aliphatic rings. The van der Waals surface area contributed by atoms with Crippen LogP contribution in [0.15, 0.2) is 0 Å². The summed E-state index contributed by atoms with van der Waals surface area (Å²) in [5, 5.41) is 63.9. The Labute approximate surface area is 219 Å². The first kappa shape index (κ1) is 33.2. The van der Waals surface area contributed by atoms with Gasteiger partial charge >= 0.3 is 11.9 Å². The zero-order chi connectivity index (χ0) is 28.8. The van der Waals surface area contributed by atoms with Crippen LogP contribution in [0.25, 0.3) is 0 Å². The van der Waals surface area contributed by atoms with Gasteiger partial charge in [-0.1, -0.05) is 32.6 Å². The number of ether oxygens (including phenoxy) is 1. The summed E-state index contributed by atoms with van der Waals surface area (Å²) in [6, 6.07) is -2.57. The van der Waals surface area contributed by atoms with Crippen molar-refractivity contribution in [3.05, 3.63) is 0 Å². The molecule has 1 aliphatic heterocycles. The fourth-order valence-electron chi connectivity index (χ4n) is 3.79. The van der Waals surface area contributed by atoms with E-state index in [2.05, 4.69) is 16.0 Å². The fraction of sp³-hybridized carbons (Fsp3) is 0.783. The average molecular weight is 550 g/mol. The van der Waals surface area contributed by atoms with Gasteiger partial charge in [-0.25, -0.2) is 4.79 Å². The van der Waals surface area contributed by atoms with E-state index in [0.717, 1.165) is 19.3 Å². The topological polar surface area (TPSA) is 252 Å². The summed E-state index contributed by atoms with van der Waals surface area (Å²) in [6.07, 6.45) is -5.94. The summed E-state index contributed by atoms with van der Waals surface area (Å²) in [4.78, 5) is 59.7. The van der Waals surface area contributed by atoms with Crippen molar-refractivity contribution in [1.29, 1.82) is 0 Å². The first-order valence-corrected chi connectivity index (χ1v) is 12.5. The Morgan fingerprint density at radius 2 is 1.45 bits per heavy atom. The molecule has 0 bridgehead atoms. The molecule has 15 heteroatoms. The third kappa shape index (κ3) is 11.3. The Kier molecular flexibility index (Phi) is 14.7. The third-order valence-electron chi connectivity index (χ3n) is 6.03. The second-order valence-corrected chi connectivity index (χ2v) is 9.12. The zero-order valence-electron chi connectivity index (χ0n) is 21.2. The minimum absolute atomic E-state index is 0.194. The Bertz CT molecular complexity index is 809. The number of aliphatic hydroxyl groups is 4. The van der Waals surface area contributed by atoms with E-state index in [1.165, 1.54) is 0 Å². The quantitative estimate of drug-likeness (QED) is 0.0859. The average Bonchev–Trinajstić information content (AvgIpc) is 2.86. The summed E-state index contributed by atoms with van der Waals surface area (Å²) >= 11 is 0. The number of carboxylic acids is 2. The molecule has 0 aromatic heterocycles. The Morgan fingerprint density at radius 1 is 0.789 bits per heavy atom. The molecule has 1 heterocycles. The van der Waals surface area contributed by atoms with E-state index in [9.17, 15) is 49.5 Å². The number of unbranched alkanes of at least 4 members (excludes halogenated alkanes) is 3. The zero-order valence-corrected chi connectivity index (χ0v) is 21.2. The predicted molar refractivity (Wildman–Crippen MR) is 128 cm³/mol. The van der Waals surface area contributed by atoms with Crippen molar-refractivity contribution in [2.75, 3.05) is 6.61 Å². The Morgan fingerprint density at radius 3 is 2.03 bits per heavy atom. The van der Waals surface area contributed by atoms with Gasteiger partial charge in [-0.3, -0.25) is 19.2 Å². The highest BCUT2D eigenvalue weighted by molar-refractivity contribution is 5.91. The maximum Gasteiger partial charge on any atom is 0.326 e. The number of aliphatic carboxylic acids is 2. The van der Waals surface area contributed by atoms with Gasteiger partial charge in [0, 0.05) is 19.3 Å². The van der Waals surface area contributed by atoms with Gasteiger partial charge < -0.3 is 51.3 Å². The molecular formula is C23H39N3O12. The Hall–Kier alpha value is -2.85. The van der Waals surface area contributed by atoms with Gasteiger partial charge in [0.05, 0.1) is 6.61 Å². The highest BCUT2D eigenvalue weighted by atomic mass is 16.6. The van der Waals surface area contributed by atoms with Gasteiger partial charge in [-0.2, -0.15) is 0 Å². The lowest BCUT2D eigenvalue weighted by Gasteiger charge is -2.40. The summed E-state index contributed by atoms with van der Waals surface area (Å²) in [6.45, 7) is 1.31. The monoisotopic (exact) mass is 549 g/mol. The number of rotatable bonds is 17. The smallest absolute Gasteiger partial charge is 0.326 e. The van der Waals surface area contributed by atoms with Crippen molar-refractivity contribution in [3.8, 4) is 0 Å². The van der Waals surface area contributed by atoms with Gasteiger partial charge in [0.25, 0.3) is 0 Å². The van der Waals surface area contributed by atoms with Crippen LogP contribution in [0.1, 0.15) is 64.7 Å². The van der Waals surface area contributed by atoms with Gasteiger partial charge in [0.1, 0.15) is 36.5 Å². The fourth-order valence-corrected chi connectivity index (χ4v) is 3.79. The molecule has 1 rings (SSSR count). The number of carbonyl (C=O) groups excluding carboxylic acids is 3. The van der Waals surface area contributed by atoms with Crippen LogP contribution in [-0.2, 0) is 28.7 Å². The summed E-state index contributed by atoms with van der Waals surface area (Å²) in [5.74, 6) is -4.88. The molecule has 15 nitrogen and oxygen atoms in total. The molecule has 1 saturated heterocycles. The largest absolute Gasteiger partial charge is 0.481 e. The number of hydrogen-bond donors (Lipinski definition) is 9. The second-order valence-electron chi connectivity index (χ2n) is 9.12. The SMILES string of the molecule is CCCCCC[C@H](NC(=O)CCC(=O)N[C@@H]1O[C@H](CO)[C@@H](O)[C@H](O)[C@H]1O)C(=O)N[C@@H](CCC(=O)O)C(=O)O. The molecule has 3 amide bonds. The molecule has 218 valence electrons. The van der Waals surface area contributed by atoms with Crippen LogP contribution >= 0.6 is 0 Å². The van der Waals surface area contributed by atoms with Crippen LogP contribution in [0.3, 0.4) is 0 Å². The van der Waals surface area contributed by atoms with Crippen molar-refractivity contribution >= 4 is 29.7 Å². The van der Waals surface area contributed by atoms with E-state index < -0.39 is 91.8 Å². The van der Waals surface area contributed by atoms with Gasteiger partial charge in [0.2, 0.25) is 17.7 Å². The van der Waals surface area contributed by atoms with Crippen LogP contribution in [0, 0.1) is 0 Å². The van der Waals surface area contributed by atoms with Crippen LogP contribution in [0.2, 0.25) is 0 Å². The third-order valence-corrected chi connectivity index (χ3v) is 6.03. The predicted octanol–water partition coefficient (Wildman–Crippen LogP) is -2.43. The number of amides is 3. The van der Waals surface area contributed by atoms with E-state index in [1.807, 2.05) is 6.92 Å². The van der Waals surface area contributed by atoms with Crippen molar-refractivity contribution in [3.63, 3.8) is 0 Å². The minimum Gasteiger partial charge on any atom is -0.481 e. The van der Waals surface area contributed by atoms with Gasteiger partial charge in [-0.15, -0.1) is 0 Å². The highest BCUT2D eigenvalue weighted by Crippen LogP contribution is 2.19. The van der Waals surface area contributed by atoms with Crippen LogP contribution < -0.4 is 16.0 Å². The molecule has 7 atom stereocenters. The maximum atomic E-state index is 12.7. The molecule has 0 spiro atoms. The molecule has 0 unspecified atom stereocenters. The molecule has 0 aromatic rings. The van der Waals surface area contributed by atoms with Crippen LogP contribution in [0.5, 0.6) is 0 Å². The summed E-state index contributed by atoms with van der Waals surface area (Å²) in [5.41, 5.74) is 0. The maximum absolute atomic E-state index is 12.7. The molecule has 0 radical (unpaired) electrons. The summed E-state index contributed by atoms with van der Waals surface area (Å²) in [7, 11) is 0. The molecule has 38 heavy (non-hydrogen) atoms. The van der Waals surface area contributed by atoms with Gasteiger partial charge in [-0.05, 0) is 12.8 Å². The first-order valence-electron chi connectivity index (χ1n) is 12.5. The molecular weight excluding hydrogens is 510 g/mol. The number of aliphatic hydroxyl groups excluding tert-OH is 4. The van der Waals surface area contributed by atoms with E-state index >= 15 is 0 Å². The van der Waals surface area contributed by atoms with E-state index in [-0.39, 0.29) is 19.3 Å². The first-order chi connectivity index (χ1) is 17.9. The van der Waals surface area contributed by atoms with E-state index in [1.54, 1.807) is 0 Å². The number of nitrogens with one attached hydrogen (secondary N) is 3. The normalized spacial score (nSPS) is 24.6. The molecule has 1 fully saturated rings. The summed E-state index contributed by atoms with van der Waals surface area (Å²) < 4.78 is 5.18. The molecule has 0 saturated carbocycles. The lowest BCUT2D eigenvalue weighted by molar-refractivity contribution is -0.236. The molecule has 0 aliphatic carbocycles. The standard InChI is InChI=1S/C23H39N3O12/c1-2-3-4-5-6-12(21(35)25-13(23(36)37)7-10-17(30)31)24-15(28)8-9-16(29)26-22-20(34)19(33)18(32)14(11-27)38-22/h12-14,18-20,22,27,32-34H,2-11H2,1H3,(H,24,28)(H,25,35)(H,26,29)(H,30,31)(H,36,37)/t12-,13-,14+,18+,19-,20+,22+/m0/s1. The number of carbonyl (C=O) groups is 5. The highest BCUT2D eigenvalue weighted by Gasteiger charge is 2.44. The number of carboxylic acid groups (broad SMARTS) is 2. The van der Waals surface area contributed by atoms with Crippen LogP contribution in [-0.4, -0.2) is 110 Å².